The molecule has 1 aliphatic rings. The van der Waals surface area contributed by atoms with Crippen LogP contribution in [0.3, 0.4) is 0 Å². The quantitative estimate of drug-likeness (QED) is 0.315. The van der Waals surface area contributed by atoms with E-state index in [-0.39, 0.29) is 29.2 Å². The first-order valence-electron chi connectivity index (χ1n) is 11.2. The molecule has 0 aromatic heterocycles. The fourth-order valence-electron chi connectivity index (χ4n) is 4.17. The molecule has 8 nitrogen and oxygen atoms in total. The Kier molecular flexibility index (Phi) is 7.95. The molecule has 0 atom stereocenters. The number of hydrogen-bond acceptors (Lipinski definition) is 6. The van der Waals surface area contributed by atoms with Gasteiger partial charge < -0.3 is 9.80 Å². The van der Waals surface area contributed by atoms with E-state index in [4.69, 9.17) is 6.42 Å². The number of hydrogen-bond donors (Lipinski definition) is 0. The summed E-state index contributed by atoms with van der Waals surface area (Å²) in [6.45, 7) is 6.83. The Labute approximate surface area is 196 Å². The summed E-state index contributed by atoms with van der Waals surface area (Å²) < 4.78 is 29.0. The molecule has 0 saturated carbocycles. The number of piperazine rings is 1. The number of nitrogens with zero attached hydrogens (tertiary/aromatic N) is 4. The number of anilines is 2. The number of sulfonamides is 1. The van der Waals surface area contributed by atoms with E-state index in [0.717, 1.165) is 24.6 Å². The molecule has 176 valence electrons. The molecule has 1 heterocycles. The van der Waals surface area contributed by atoms with E-state index in [1.807, 2.05) is 49.1 Å². The maximum atomic E-state index is 13.8. The Morgan fingerprint density at radius 2 is 1.67 bits per heavy atom. The van der Waals surface area contributed by atoms with Gasteiger partial charge in [-0.15, -0.1) is 6.42 Å². The van der Waals surface area contributed by atoms with Gasteiger partial charge in [-0.25, -0.2) is 8.42 Å². The fraction of sp³-hybridized carbons (Fsp3) is 0.417. The summed E-state index contributed by atoms with van der Waals surface area (Å²) in [5, 5.41) is 11.6. The minimum Gasteiger partial charge on any atom is -0.369 e. The first-order valence-corrected chi connectivity index (χ1v) is 12.6. The summed E-state index contributed by atoms with van der Waals surface area (Å²) in [6, 6.07) is 12.3. The molecule has 0 radical (unpaired) electrons. The molecule has 9 heteroatoms. The van der Waals surface area contributed by atoms with Crippen LogP contribution in [0.2, 0.25) is 0 Å². The Morgan fingerprint density at radius 3 is 2.18 bits per heavy atom. The molecule has 0 unspecified atom stereocenters. The standard InChI is InChI=1S/C24H30N4O4S/c1-4-12-26(13-5-2)24-20(6-3)18-22(28(29)30)19-23(24)33(31,32)27-16-14-25(15-17-27)21-10-8-7-9-11-21/h3,7-11,18-19H,4-5,12-17H2,1-2H3. The highest BCUT2D eigenvalue weighted by Crippen LogP contribution is 2.36. The Bertz CT molecular complexity index is 1120. The van der Waals surface area contributed by atoms with E-state index >= 15 is 0 Å². The van der Waals surface area contributed by atoms with Crippen LogP contribution in [0.15, 0.2) is 47.4 Å². The highest BCUT2D eigenvalue weighted by atomic mass is 32.2. The zero-order valence-electron chi connectivity index (χ0n) is 19.1. The van der Waals surface area contributed by atoms with Gasteiger partial charge in [0, 0.05) is 57.1 Å². The Balaban J connectivity index is 2.03. The molecule has 0 aliphatic carbocycles. The number of terminal acetylenes is 1. The van der Waals surface area contributed by atoms with E-state index in [0.29, 0.717) is 31.9 Å². The van der Waals surface area contributed by atoms with Crippen LogP contribution in [-0.4, -0.2) is 56.9 Å². The van der Waals surface area contributed by atoms with Crippen molar-refractivity contribution in [3.05, 3.63) is 58.1 Å². The second kappa shape index (κ2) is 10.7. The van der Waals surface area contributed by atoms with Crippen molar-refractivity contribution in [1.82, 2.24) is 4.31 Å². The third kappa shape index (κ3) is 5.29. The molecular weight excluding hydrogens is 440 g/mol. The smallest absolute Gasteiger partial charge is 0.272 e. The number of nitro groups is 1. The Morgan fingerprint density at radius 1 is 1.06 bits per heavy atom. The van der Waals surface area contributed by atoms with Gasteiger partial charge in [-0.3, -0.25) is 10.1 Å². The van der Waals surface area contributed by atoms with E-state index in [2.05, 4.69) is 10.8 Å². The van der Waals surface area contributed by atoms with Crippen molar-refractivity contribution in [3.63, 3.8) is 0 Å². The summed E-state index contributed by atoms with van der Waals surface area (Å²) in [6.07, 6.45) is 7.28. The predicted molar refractivity (Wildman–Crippen MR) is 131 cm³/mol. The topological polar surface area (TPSA) is 87.0 Å². The summed E-state index contributed by atoms with van der Waals surface area (Å²) in [5.74, 6) is 2.49. The van der Waals surface area contributed by atoms with Crippen molar-refractivity contribution in [3.8, 4) is 12.3 Å². The van der Waals surface area contributed by atoms with Crippen molar-refractivity contribution in [2.75, 3.05) is 49.1 Å². The number of benzene rings is 2. The van der Waals surface area contributed by atoms with Crippen LogP contribution in [0.5, 0.6) is 0 Å². The zero-order chi connectivity index (χ0) is 24.0. The van der Waals surface area contributed by atoms with Gasteiger partial charge in [-0.1, -0.05) is 38.0 Å². The fourth-order valence-corrected chi connectivity index (χ4v) is 5.85. The molecule has 33 heavy (non-hydrogen) atoms. The molecule has 1 aliphatic heterocycles. The number of para-hydroxylation sites is 1. The highest BCUT2D eigenvalue weighted by Gasteiger charge is 2.34. The van der Waals surface area contributed by atoms with Gasteiger partial charge in [0.15, 0.2) is 0 Å². The molecule has 0 amide bonds. The van der Waals surface area contributed by atoms with Crippen LogP contribution >= 0.6 is 0 Å². The van der Waals surface area contributed by atoms with Gasteiger partial charge in [-0.05, 0) is 25.0 Å². The van der Waals surface area contributed by atoms with Crippen molar-refractivity contribution >= 4 is 27.1 Å². The van der Waals surface area contributed by atoms with Crippen molar-refractivity contribution in [1.29, 1.82) is 0 Å². The summed E-state index contributed by atoms with van der Waals surface area (Å²) >= 11 is 0. The van der Waals surface area contributed by atoms with E-state index in [1.54, 1.807) is 0 Å². The predicted octanol–water partition coefficient (Wildman–Crippen LogP) is 3.71. The molecule has 0 bridgehead atoms. The van der Waals surface area contributed by atoms with Gasteiger partial charge in [0.25, 0.3) is 5.69 Å². The lowest BCUT2D eigenvalue weighted by atomic mass is 10.1. The maximum Gasteiger partial charge on any atom is 0.272 e. The molecule has 0 N–H and O–H groups in total. The van der Waals surface area contributed by atoms with Crippen LogP contribution in [0, 0.1) is 22.5 Å². The monoisotopic (exact) mass is 470 g/mol. The Hall–Kier alpha value is -3.09. The van der Waals surface area contributed by atoms with Crippen molar-refractivity contribution < 1.29 is 13.3 Å². The second-order valence-electron chi connectivity index (χ2n) is 7.96. The minimum atomic E-state index is -4.00. The molecule has 1 saturated heterocycles. The van der Waals surface area contributed by atoms with Gasteiger partial charge in [0.1, 0.15) is 4.90 Å². The van der Waals surface area contributed by atoms with Crippen molar-refractivity contribution in [2.24, 2.45) is 0 Å². The largest absolute Gasteiger partial charge is 0.369 e. The summed E-state index contributed by atoms with van der Waals surface area (Å²) in [5.41, 5.74) is 1.34. The SMILES string of the molecule is C#Cc1cc([N+](=O)[O-])cc(S(=O)(=O)N2CCN(c3ccccc3)CC2)c1N(CCC)CCC. The first kappa shape index (κ1) is 24.6. The number of rotatable bonds is 9. The molecule has 0 spiro atoms. The zero-order valence-corrected chi connectivity index (χ0v) is 19.9. The highest BCUT2D eigenvalue weighted by molar-refractivity contribution is 7.89. The molecular formula is C24H30N4O4S. The van der Waals surface area contributed by atoms with Gasteiger partial charge in [0.05, 0.1) is 16.2 Å². The van der Waals surface area contributed by atoms with E-state index < -0.39 is 14.9 Å². The lowest BCUT2D eigenvalue weighted by Gasteiger charge is -2.36. The van der Waals surface area contributed by atoms with Crippen molar-refractivity contribution in [2.45, 2.75) is 31.6 Å². The number of non-ortho nitro benzene ring substituents is 1. The third-order valence-electron chi connectivity index (χ3n) is 5.71. The lowest BCUT2D eigenvalue weighted by molar-refractivity contribution is -0.385. The average molecular weight is 471 g/mol. The van der Waals surface area contributed by atoms with E-state index in [9.17, 15) is 18.5 Å². The van der Waals surface area contributed by atoms with Crippen LogP contribution in [0.1, 0.15) is 32.3 Å². The van der Waals surface area contributed by atoms with Gasteiger partial charge in [-0.2, -0.15) is 4.31 Å². The second-order valence-corrected chi connectivity index (χ2v) is 9.86. The third-order valence-corrected chi connectivity index (χ3v) is 7.62. The summed E-state index contributed by atoms with van der Waals surface area (Å²) in [4.78, 5) is 15.0. The maximum absolute atomic E-state index is 13.8. The average Bonchev–Trinajstić information content (AvgIpc) is 2.83. The van der Waals surface area contributed by atoms with Crippen LogP contribution < -0.4 is 9.80 Å². The van der Waals surface area contributed by atoms with Crippen LogP contribution in [-0.2, 0) is 10.0 Å². The molecule has 2 aromatic rings. The van der Waals surface area contributed by atoms with Gasteiger partial charge >= 0.3 is 0 Å². The first-order chi connectivity index (χ1) is 15.8. The lowest BCUT2D eigenvalue weighted by Crippen LogP contribution is -2.49. The van der Waals surface area contributed by atoms with E-state index in [1.165, 1.54) is 10.4 Å². The van der Waals surface area contributed by atoms with Crippen LogP contribution in [0.25, 0.3) is 0 Å². The number of nitro benzene ring substituents is 1. The minimum absolute atomic E-state index is 0.0836. The van der Waals surface area contributed by atoms with Gasteiger partial charge in [0.2, 0.25) is 10.0 Å². The van der Waals surface area contributed by atoms with Crippen LogP contribution in [0.4, 0.5) is 17.1 Å². The molecule has 3 rings (SSSR count). The summed E-state index contributed by atoms with van der Waals surface area (Å²) in [7, 11) is -4.00. The normalized spacial score (nSPS) is 14.6. The molecule has 2 aromatic carbocycles. The molecule has 1 fully saturated rings.